The fourth-order valence-corrected chi connectivity index (χ4v) is 6.50. The Morgan fingerprint density at radius 2 is 1.66 bits per heavy atom. The molecule has 0 heterocycles. The van der Waals surface area contributed by atoms with Crippen LogP contribution in [0.25, 0.3) is 0 Å². The van der Waals surface area contributed by atoms with Crippen LogP contribution >= 0.6 is 0 Å². The second-order valence-corrected chi connectivity index (χ2v) is 9.27. The van der Waals surface area contributed by atoms with E-state index < -0.39 is 5.97 Å². The molecular formula is C25H27NO3. The summed E-state index contributed by atoms with van der Waals surface area (Å²) < 4.78 is 5.79. The predicted octanol–water partition coefficient (Wildman–Crippen LogP) is 5.61. The van der Waals surface area contributed by atoms with Crippen LogP contribution in [0.3, 0.4) is 0 Å². The van der Waals surface area contributed by atoms with Gasteiger partial charge in [-0.25, -0.2) is 4.79 Å². The summed E-state index contributed by atoms with van der Waals surface area (Å²) in [5.41, 5.74) is 3.73. The lowest BCUT2D eigenvalue weighted by atomic mass is 9.48. The van der Waals surface area contributed by atoms with Gasteiger partial charge in [-0.15, -0.1) is 0 Å². The largest absolute Gasteiger partial charge is 0.496 e. The topological polar surface area (TPSA) is 58.9 Å². The summed E-state index contributed by atoms with van der Waals surface area (Å²) in [6.45, 7) is 0. The molecule has 0 spiro atoms. The van der Waals surface area contributed by atoms with Gasteiger partial charge in [-0.2, -0.15) is 0 Å². The Morgan fingerprint density at radius 3 is 2.21 bits per heavy atom. The number of hydrogen-bond donors (Lipinski definition) is 1. The van der Waals surface area contributed by atoms with Gasteiger partial charge in [0, 0.05) is 11.8 Å². The minimum Gasteiger partial charge on any atom is -0.496 e. The highest BCUT2D eigenvalue weighted by Crippen LogP contribution is 2.61. The van der Waals surface area contributed by atoms with Crippen LogP contribution in [0, 0.1) is 17.8 Å². The highest BCUT2D eigenvalue weighted by Gasteiger charge is 2.52. The van der Waals surface area contributed by atoms with Gasteiger partial charge in [0.05, 0.1) is 18.4 Å². The van der Waals surface area contributed by atoms with Crippen LogP contribution in [0.15, 0.2) is 47.5 Å². The highest BCUT2D eigenvalue weighted by molar-refractivity contribution is 5.88. The molecule has 6 rings (SSSR count). The van der Waals surface area contributed by atoms with E-state index in [1.54, 1.807) is 31.4 Å². The maximum absolute atomic E-state index is 11.0. The van der Waals surface area contributed by atoms with Crippen molar-refractivity contribution in [3.05, 3.63) is 59.2 Å². The Labute approximate surface area is 171 Å². The van der Waals surface area contributed by atoms with E-state index in [-0.39, 0.29) is 11.0 Å². The van der Waals surface area contributed by atoms with Crippen molar-refractivity contribution in [1.29, 1.82) is 0 Å². The Kier molecular flexibility index (Phi) is 4.45. The summed E-state index contributed by atoms with van der Waals surface area (Å²) >= 11 is 0. The number of benzene rings is 2. The van der Waals surface area contributed by atoms with Crippen LogP contribution < -0.4 is 4.74 Å². The van der Waals surface area contributed by atoms with E-state index in [1.807, 2.05) is 6.21 Å². The molecule has 2 aromatic carbocycles. The zero-order valence-corrected chi connectivity index (χ0v) is 16.8. The molecule has 4 bridgehead atoms. The monoisotopic (exact) mass is 389 g/mol. The molecule has 1 N–H and O–H groups in total. The molecule has 4 heteroatoms. The fourth-order valence-electron chi connectivity index (χ4n) is 6.50. The van der Waals surface area contributed by atoms with Gasteiger partial charge >= 0.3 is 5.97 Å². The number of rotatable bonds is 5. The quantitative estimate of drug-likeness (QED) is 0.676. The van der Waals surface area contributed by atoms with Crippen LogP contribution in [-0.2, 0) is 5.41 Å². The average Bonchev–Trinajstić information content (AvgIpc) is 2.71. The standard InChI is InChI=1S/C25H27NO3/c1-29-23-7-2-16(15-26-21-5-3-20(4-6-21)24(27)28)11-22(23)25-12-17-8-18(13-25)10-19(9-17)14-25/h2-7,11,15,17-19H,8-10,12-14H2,1H3,(H,27,28)/b26-15+. The van der Waals surface area contributed by atoms with Crippen molar-refractivity contribution in [2.75, 3.05) is 7.11 Å². The summed E-state index contributed by atoms with van der Waals surface area (Å²) in [5.74, 6) is 2.74. The number of carbonyl (C=O) groups is 1. The van der Waals surface area contributed by atoms with Crippen LogP contribution in [0.1, 0.15) is 60.0 Å². The number of hydrogen-bond acceptors (Lipinski definition) is 3. The molecule has 4 aliphatic carbocycles. The second kappa shape index (κ2) is 7.01. The molecule has 4 fully saturated rings. The van der Waals surface area contributed by atoms with Gasteiger partial charge in [-0.05, 0) is 110 Å². The molecule has 4 nitrogen and oxygen atoms in total. The molecular weight excluding hydrogens is 362 g/mol. The molecule has 0 atom stereocenters. The van der Waals surface area contributed by atoms with Gasteiger partial charge in [-0.3, -0.25) is 4.99 Å². The van der Waals surface area contributed by atoms with Crippen LogP contribution in [-0.4, -0.2) is 24.4 Å². The summed E-state index contributed by atoms with van der Waals surface area (Å²) in [4.78, 5) is 15.6. The molecule has 4 saturated carbocycles. The Balaban J connectivity index is 1.45. The van der Waals surface area contributed by atoms with E-state index in [9.17, 15) is 4.79 Å². The lowest BCUT2D eigenvalue weighted by Gasteiger charge is -2.57. The summed E-state index contributed by atoms with van der Waals surface area (Å²) in [5, 5.41) is 9.03. The van der Waals surface area contributed by atoms with Crippen molar-refractivity contribution < 1.29 is 14.6 Å². The molecule has 4 aliphatic rings. The van der Waals surface area contributed by atoms with Crippen molar-refractivity contribution >= 4 is 17.9 Å². The molecule has 29 heavy (non-hydrogen) atoms. The van der Waals surface area contributed by atoms with Gasteiger partial charge in [0.15, 0.2) is 0 Å². The zero-order chi connectivity index (χ0) is 20.0. The molecule has 150 valence electrons. The van der Waals surface area contributed by atoms with Gasteiger partial charge in [0.1, 0.15) is 5.75 Å². The first-order valence-electron chi connectivity index (χ1n) is 10.6. The predicted molar refractivity (Wildman–Crippen MR) is 113 cm³/mol. The maximum Gasteiger partial charge on any atom is 0.335 e. The molecule has 0 radical (unpaired) electrons. The van der Waals surface area contributed by atoms with Crippen molar-refractivity contribution in [3.8, 4) is 5.75 Å². The fraction of sp³-hybridized carbons (Fsp3) is 0.440. The number of nitrogens with zero attached hydrogens (tertiary/aromatic N) is 1. The SMILES string of the molecule is COc1ccc(/C=N/c2ccc(C(=O)O)cc2)cc1C12CC3CC(CC(C3)C1)C2. The number of carboxylic acids is 1. The Hall–Kier alpha value is -2.62. The third-order valence-corrected chi connectivity index (χ3v) is 7.31. The normalized spacial score (nSPS) is 30.0. The molecule has 0 unspecified atom stereocenters. The zero-order valence-electron chi connectivity index (χ0n) is 16.8. The van der Waals surface area contributed by atoms with Crippen molar-refractivity contribution in [1.82, 2.24) is 0 Å². The first kappa shape index (κ1) is 18.4. The summed E-state index contributed by atoms with van der Waals surface area (Å²) in [6, 6.07) is 13.1. The van der Waals surface area contributed by atoms with Crippen molar-refractivity contribution in [3.63, 3.8) is 0 Å². The van der Waals surface area contributed by atoms with Gasteiger partial charge in [0.25, 0.3) is 0 Å². The first-order valence-corrected chi connectivity index (χ1v) is 10.6. The number of aliphatic imine (C=N–C) groups is 1. The smallest absolute Gasteiger partial charge is 0.335 e. The summed E-state index contributed by atoms with van der Waals surface area (Å²) in [7, 11) is 1.77. The lowest BCUT2D eigenvalue weighted by molar-refractivity contribution is -0.00616. The van der Waals surface area contributed by atoms with E-state index in [1.165, 1.54) is 44.1 Å². The first-order chi connectivity index (χ1) is 14.0. The average molecular weight is 389 g/mol. The minimum atomic E-state index is -0.920. The number of carboxylic acid groups (broad SMARTS) is 1. The second-order valence-electron chi connectivity index (χ2n) is 9.27. The molecule has 0 aliphatic heterocycles. The Bertz CT molecular complexity index is 925. The van der Waals surface area contributed by atoms with Crippen molar-refractivity contribution in [2.24, 2.45) is 22.7 Å². The van der Waals surface area contributed by atoms with E-state index in [2.05, 4.69) is 23.2 Å². The van der Waals surface area contributed by atoms with Crippen LogP contribution in [0.4, 0.5) is 5.69 Å². The van der Waals surface area contributed by atoms with Crippen LogP contribution in [0.5, 0.6) is 5.75 Å². The van der Waals surface area contributed by atoms with E-state index in [4.69, 9.17) is 9.84 Å². The van der Waals surface area contributed by atoms with Crippen LogP contribution in [0.2, 0.25) is 0 Å². The van der Waals surface area contributed by atoms with E-state index in [0.29, 0.717) is 0 Å². The number of ether oxygens (including phenoxy) is 1. The molecule has 0 aromatic heterocycles. The molecule has 0 amide bonds. The van der Waals surface area contributed by atoms with Gasteiger partial charge < -0.3 is 9.84 Å². The van der Waals surface area contributed by atoms with Crippen molar-refractivity contribution in [2.45, 2.75) is 43.9 Å². The maximum atomic E-state index is 11.0. The number of aromatic carboxylic acids is 1. The molecule has 0 saturated heterocycles. The lowest BCUT2D eigenvalue weighted by Crippen LogP contribution is -2.48. The minimum absolute atomic E-state index is 0.271. The summed E-state index contributed by atoms with van der Waals surface area (Å²) in [6.07, 6.45) is 10.0. The van der Waals surface area contributed by atoms with Gasteiger partial charge in [0.2, 0.25) is 0 Å². The third-order valence-electron chi connectivity index (χ3n) is 7.31. The number of methoxy groups -OCH3 is 1. The van der Waals surface area contributed by atoms with E-state index >= 15 is 0 Å². The highest BCUT2D eigenvalue weighted by atomic mass is 16.5. The van der Waals surface area contributed by atoms with Gasteiger partial charge in [-0.1, -0.05) is 0 Å². The Morgan fingerprint density at radius 1 is 1.03 bits per heavy atom. The third kappa shape index (κ3) is 3.35. The van der Waals surface area contributed by atoms with E-state index in [0.717, 1.165) is 34.8 Å². The molecule has 2 aromatic rings.